The molecule has 140 valence electrons. The van der Waals surface area contributed by atoms with E-state index in [0.717, 1.165) is 11.1 Å². The third-order valence-corrected chi connectivity index (χ3v) is 5.80. The number of amides is 1. The first-order valence-electron chi connectivity index (χ1n) is 8.57. The molecule has 0 aliphatic heterocycles. The average molecular weight is 389 g/mol. The summed E-state index contributed by atoms with van der Waals surface area (Å²) >= 11 is 0. The highest BCUT2D eigenvalue weighted by Crippen LogP contribution is 2.17. The van der Waals surface area contributed by atoms with E-state index >= 15 is 0 Å². The van der Waals surface area contributed by atoms with Gasteiger partial charge in [-0.15, -0.1) is 0 Å². The zero-order valence-electron chi connectivity index (χ0n) is 15.8. The van der Waals surface area contributed by atoms with Gasteiger partial charge in [0.25, 0.3) is 5.91 Å². The first-order chi connectivity index (χ1) is 13.3. The van der Waals surface area contributed by atoms with Crippen molar-refractivity contribution in [2.24, 2.45) is 4.36 Å². The molecule has 2 heterocycles. The average Bonchev–Trinajstić information content (AvgIpc) is 2.69. The fraction of sp³-hybridized carbons (Fsp3) is 0.136. The summed E-state index contributed by atoms with van der Waals surface area (Å²) in [5, 5.41) is 0. The van der Waals surface area contributed by atoms with Gasteiger partial charge >= 0.3 is 0 Å². The first kappa shape index (κ1) is 19.5. The second-order valence-electron chi connectivity index (χ2n) is 6.37. The molecule has 0 bridgehead atoms. The van der Waals surface area contributed by atoms with E-state index in [9.17, 15) is 9.00 Å². The minimum absolute atomic E-state index is 0.242. The number of aryl methyl sites for hydroxylation is 2. The molecular formula is C22H19N3O2S. The van der Waals surface area contributed by atoms with E-state index in [2.05, 4.69) is 26.2 Å². The number of rotatable bonds is 2. The molecule has 0 saturated carbocycles. The molecule has 28 heavy (non-hydrogen) atoms. The van der Waals surface area contributed by atoms with Gasteiger partial charge in [0.1, 0.15) is 5.69 Å². The zero-order chi connectivity index (χ0) is 20.1. The van der Waals surface area contributed by atoms with Crippen LogP contribution in [0.25, 0.3) is 0 Å². The van der Waals surface area contributed by atoms with Crippen LogP contribution in [0.4, 0.5) is 0 Å². The lowest BCUT2D eigenvalue weighted by atomic mass is 10.1. The summed E-state index contributed by atoms with van der Waals surface area (Å²) in [5.41, 5.74) is 3.51. The van der Waals surface area contributed by atoms with Gasteiger partial charge in [-0.1, -0.05) is 18.1 Å². The van der Waals surface area contributed by atoms with Crippen molar-refractivity contribution >= 4 is 15.6 Å². The Bertz CT molecular complexity index is 1220. The molecule has 0 aliphatic rings. The van der Waals surface area contributed by atoms with Gasteiger partial charge in [0.15, 0.2) is 0 Å². The van der Waals surface area contributed by atoms with Gasteiger partial charge in [-0.05, 0) is 61.2 Å². The topological polar surface area (TPSA) is 72.3 Å². The number of hydrogen-bond donors (Lipinski definition) is 0. The van der Waals surface area contributed by atoms with Gasteiger partial charge < -0.3 is 0 Å². The van der Waals surface area contributed by atoms with Crippen molar-refractivity contribution < 1.29 is 9.00 Å². The van der Waals surface area contributed by atoms with Crippen LogP contribution in [0.15, 0.2) is 70.3 Å². The van der Waals surface area contributed by atoms with E-state index in [1.165, 1.54) is 12.5 Å². The second-order valence-corrected chi connectivity index (χ2v) is 8.63. The van der Waals surface area contributed by atoms with Gasteiger partial charge in [-0.3, -0.25) is 9.78 Å². The number of benzene rings is 1. The van der Waals surface area contributed by atoms with E-state index in [4.69, 9.17) is 0 Å². The smallest absolute Gasteiger partial charge is 0.266 e. The van der Waals surface area contributed by atoms with Crippen LogP contribution in [0.1, 0.15) is 32.7 Å². The van der Waals surface area contributed by atoms with E-state index in [-0.39, 0.29) is 5.56 Å². The predicted octanol–water partition coefficient (Wildman–Crippen LogP) is 3.79. The molecule has 1 atom stereocenters. The number of carbonyl (C=O) groups is 1. The molecule has 5 nitrogen and oxygen atoms in total. The summed E-state index contributed by atoms with van der Waals surface area (Å²) < 4.78 is 17.0. The Kier molecular flexibility index (Phi) is 5.67. The molecule has 0 fully saturated rings. The van der Waals surface area contributed by atoms with Crippen LogP contribution in [0.5, 0.6) is 0 Å². The molecule has 0 saturated heterocycles. The van der Waals surface area contributed by atoms with Crippen molar-refractivity contribution in [2.75, 3.05) is 6.26 Å². The van der Waals surface area contributed by atoms with E-state index in [0.29, 0.717) is 16.2 Å². The summed E-state index contributed by atoms with van der Waals surface area (Å²) in [7, 11) is -2.86. The lowest BCUT2D eigenvalue weighted by Crippen LogP contribution is -2.05. The summed E-state index contributed by atoms with van der Waals surface area (Å²) in [6.07, 6.45) is 6.08. The summed E-state index contributed by atoms with van der Waals surface area (Å²) in [5.74, 6) is 5.25. The van der Waals surface area contributed by atoms with Crippen LogP contribution in [0.3, 0.4) is 0 Å². The molecule has 1 amide bonds. The van der Waals surface area contributed by atoms with Crippen LogP contribution in [0.2, 0.25) is 0 Å². The molecular weight excluding hydrogens is 370 g/mol. The third kappa shape index (κ3) is 4.70. The van der Waals surface area contributed by atoms with Crippen LogP contribution >= 0.6 is 0 Å². The molecule has 1 unspecified atom stereocenters. The lowest BCUT2D eigenvalue weighted by molar-refractivity contribution is 0.100. The highest BCUT2D eigenvalue weighted by molar-refractivity contribution is 7.93. The van der Waals surface area contributed by atoms with Crippen molar-refractivity contribution in [3.8, 4) is 11.8 Å². The van der Waals surface area contributed by atoms with Crippen LogP contribution < -0.4 is 0 Å². The fourth-order valence-corrected chi connectivity index (χ4v) is 3.65. The quantitative estimate of drug-likeness (QED) is 0.625. The maximum absolute atomic E-state index is 13.0. The summed E-state index contributed by atoms with van der Waals surface area (Å²) in [6, 6.07) is 12.5. The molecule has 6 heteroatoms. The molecule has 0 N–H and O–H groups in total. The standard InChI is InChI=1S/C22H19N3O2S/c1-16-7-10-21(12-17(16)2)28(3,27)25-22(26)19-13-18(14-23-15-19)8-9-20-6-4-5-11-24-20/h4-7,10-15H,1-3H3. The summed E-state index contributed by atoms with van der Waals surface area (Å²) in [4.78, 5) is 21.3. The molecule has 2 aromatic heterocycles. The van der Waals surface area contributed by atoms with Crippen molar-refractivity contribution in [2.45, 2.75) is 18.7 Å². The van der Waals surface area contributed by atoms with Gasteiger partial charge in [-0.2, -0.15) is 4.36 Å². The van der Waals surface area contributed by atoms with Crippen molar-refractivity contribution in [1.82, 2.24) is 9.97 Å². The highest BCUT2D eigenvalue weighted by atomic mass is 32.2. The molecule has 3 rings (SSSR count). The third-order valence-electron chi connectivity index (χ3n) is 4.16. The van der Waals surface area contributed by atoms with Crippen molar-refractivity contribution in [1.29, 1.82) is 0 Å². The Labute approximate surface area is 165 Å². The predicted molar refractivity (Wildman–Crippen MR) is 109 cm³/mol. The van der Waals surface area contributed by atoms with Crippen molar-refractivity contribution in [3.63, 3.8) is 0 Å². The Hall–Kier alpha value is -3.30. The Morgan fingerprint density at radius 3 is 2.57 bits per heavy atom. The lowest BCUT2D eigenvalue weighted by Gasteiger charge is -2.07. The zero-order valence-corrected chi connectivity index (χ0v) is 16.7. The number of hydrogen-bond acceptors (Lipinski definition) is 4. The number of pyridine rings is 2. The molecule has 0 aliphatic carbocycles. The summed E-state index contributed by atoms with van der Waals surface area (Å²) in [6.45, 7) is 3.91. The van der Waals surface area contributed by atoms with E-state index < -0.39 is 15.6 Å². The van der Waals surface area contributed by atoms with Crippen LogP contribution in [-0.4, -0.2) is 26.3 Å². The SMILES string of the molecule is Cc1ccc(S(C)(=O)=NC(=O)c2cncc(C#Cc3ccccn3)c2)cc1C. The number of aromatic nitrogens is 2. The maximum Gasteiger partial charge on any atom is 0.286 e. The van der Waals surface area contributed by atoms with Gasteiger partial charge in [0, 0.05) is 35.3 Å². The van der Waals surface area contributed by atoms with Gasteiger partial charge in [-0.25, -0.2) is 9.19 Å². The number of nitrogens with zero attached hydrogens (tertiary/aromatic N) is 3. The minimum Gasteiger partial charge on any atom is -0.266 e. The molecule has 1 aromatic carbocycles. The van der Waals surface area contributed by atoms with Gasteiger partial charge in [0.2, 0.25) is 0 Å². The highest BCUT2D eigenvalue weighted by Gasteiger charge is 2.13. The monoisotopic (exact) mass is 389 g/mol. The largest absolute Gasteiger partial charge is 0.286 e. The molecule has 0 radical (unpaired) electrons. The van der Waals surface area contributed by atoms with E-state index in [1.54, 1.807) is 36.7 Å². The van der Waals surface area contributed by atoms with Crippen molar-refractivity contribution in [3.05, 3.63) is 89.0 Å². The second kappa shape index (κ2) is 8.15. The maximum atomic E-state index is 13.0. The van der Waals surface area contributed by atoms with E-state index in [1.807, 2.05) is 32.0 Å². The normalized spacial score (nSPS) is 12.4. The fourth-order valence-electron chi connectivity index (χ4n) is 2.41. The number of carbonyl (C=O) groups excluding carboxylic acids is 1. The van der Waals surface area contributed by atoms with Crippen LogP contribution in [0, 0.1) is 25.7 Å². The van der Waals surface area contributed by atoms with Gasteiger partial charge in [0.05, 0.1) is 15.3 Å². The minimum atomic E-state index is -2.86. The Balaban J connectivity index is 1.90. The van der Waals surface area contributed by atoms with Crippen LogP contribution in [-0.2, 0) is 9.73 Å². The molecule has 3 aromatic rings. The molecule has 0 spiro atoms. The first-order valence-corrected chi connectivity index (χ1v) is 10.5. The Morgan fingerprint density at radius 1 is 1.04 bits per heavy atom. The Morgan fingerprint density at radius 2 is 1.86 bits per heavy atom.